The van der Waals surface area contributed by atoms with E-state index in [1.165, 1.54) is 12.7 Å². The smallest absolute Gasteiger partial charge is 0.310 e. The Bertz CT molecular complexity index is 635. The second-order valence-corrected chi connectivity index (χ2v) is 5.39. The lowest BCUT2D eigenvalue weighted by Gasteiger charge is -2.30. The third-order valence-electron chi connectivity index (χ3n) is 3.88. The number of esters is 1. The van der Waals surface area contributed by atoms with Crippen LogP contribution in [0.5, 0.6) is 0 Å². The van der Waals surface area contributed by atoms with E-state index in [0.717, 1.165) is 36.4 Å². The first-order valence-electron chi connectivity index (χ1n) is 6.96. The first-order valence-corrected chi connectivity index (χ1v) is 6.96. The van der Waals surface area contributed by atoms with Gasteiger partial charge in [0.05, 0.1) is 24.1 Å². The van der Waals surface area contributed by atoms with E-state index in [1.807, 2.05) is 6.07 Å². The maximum Gasteiger partial charge on any atom is 0.310 e. The van der Waals surface area contributed by atoms with Crippen LogP contribution in [0, 0.1) is 12.8 Å². The molecule has 5 nitrogen and oxygen atoms in total. The number of imidazole rings is 1. The topological polar surface area (TPSA) is 58.2 Å². The molecule has 20 heavy (non-hydrogen) atoms. The molecule has 0 radical (unpaired) electrons. The first-order chi connectivity index (χ1) is 9.67. The standard InChI is InChI=1S/C15H19N3O2/c1-10-5-6-12-13(8-10)17-15(16-12)18-7-3-4-11(9-18)14(19)20-2/h5-6,8,11H,3-4,7,9H2,1-2H3,(H,16,17). The van der Waals surface area contributed by atoms with Gasteiger partial charge in [-0.05, 0) is 37.5 Å². The summed E-state index contributed by atoms with van der Waals surface area (Å²) >= 11 is 0. The van der Waals surface area contributed by atoms with Gasteiger partial charge in [0.1, 0.15) is 0 Å². The number of carbonyl (C=O) groups is 1. The average Bonchev–Trinajstić information content (AvgIpc) is 2.89. The van der Waals surface area contributed by atoms with Crippen molar-refractivity contribution in [2.24, 2.45) is 5.92 Å². The van der Waals surface area contributed by atoms with Gasteiger partial charge >= 0.3 is 5.97 Å². The fourth-order valence-corrected chi connectivity index (χ4v) is 2.79. The van der Waals surface area contributed by atoms with Crippen molar-refractivity contribution in [3.05, 3.63) is 23.8 Å². The van der Waals surface area contributed by atoms with E-state index >= 15 is 0 Å². The summed E-state index contributed by atoms with van der Waals surface area (Å²) in [5.74, 6) is 0.671. The molecule has 1 unspecified atom stereocenters. The van der Waals surface area contributed by atoms with Crippen LogP contribution in [-0.4, -0.2) is 36.1 Å². The number of aromatic amines is 1. The molecule has 0 bridgehead atoms. The normalized spacial score (nSPS) is 19.3. The zero-order valence-corrected chi connectivity index (χ0v) is 11.8. The number of nitrogens with one attached hydrogen (secondary N) is 1. The molecule has 0 saturated carbocycles. The minimum Gasteiger partial charge on any atom is -0.469 e. The Hall–Kier alpha value is -2.04. The quantitative estimate of drug-likeness (QED) is 0.853. The van der Waals surface area contributed by atoms with E-state index in [1.54, 1.807) is 0 Å². The number of piperidine rings is 1. The van der Waals surface area contributed by atoms with E-state index in [2.05, 4.69) is 33.9 Å². The van der Waals surface area contributed by atoms with Crippen molar-refractivity contribution in [2.45, 2.75) is 19.8 Å². The van der Waals surface area contributed by atoms with Crippen LogP contribution in [0.4, 0.5) is 5.95 Å². The number of H-pyrrole nitrogens is 1. The Morgan fingerprint density at radius 3 is 3.15 bits per heavy atom. The zero-order valence-electron chi connectivity index (χ0n) is 11.8. The maximum atomic E-state index is 11.7. The molecular weight excluding hydrogens is 254 g/mol. The van der Waals surface area contributed by atoms with Crippen molar-refractivity contribution < 1.29 is 9.53 Å². The third-order valence-corrected chi connectivity index (χ3v) is 3.88. The van der Waals surface area contributed by atoms with Crippen LogP contribution < -0.4 is 4.90 Å². The highest BCUT2D eigenvalue weighted by molar-refractivity contribution is 5.78. The number of anilines is 1. The predicted octanol–water partition coefficient (Wildman–Crippen LogP) is 2.26. The van der Waals surface area contributed by atoms with Gasteiger partial charge in [0, 0.05) is 13.1 Å². The van der Waals surface area contributed by atoms with E-state index in [4.69, 9.17) is 4.74 Å². The molecular formula is C15H19N3O2. The molecule has 1 saturated heterocycles. The molecule has 0 amide bonds. The molecule has 106 valence electrons. The van der Waals surface area contributed by atoms with E-state index < -0.39 is 0 Å². The molecule has 2 heterocycles. The monoisotopic (exact) mass is 273 g/mol. The number of aryl methyl sites for hydroxylation is 1. The SMILES string of the molecule is COC(=O)C1CCCN(c2nc3ccc(C)cc3[nH]2)C1. The highest BCUT2D eigenvalue weighted by Crippen LogP contribution is 2.24. The highest BCUT2D eigenvalue weighted by atomic mass is 16.5. The molecule has 0 aliphatic carbocycles. The van der Waals surface area contributed by atoms with Crippen molar-refractivity contribution in [1.29, 1.82) is 0 Å². The molecule has 3 rings (SSSR count). The van der Waals surface area contributed by atoms with E-state index in [0.29, 0.717) is 6.54 Å². The second kappa shape index (κ2) is 5.15. The minimum atomic E-state index is -0.123. The van der Waals surface area contributed by atoms with Gasteiger partial charge in [-0.2, -0.15) is 0 Å². The number of ether oxygens (including phenoxy) is 1. The van der Waals surface area contributed by atoms with E-state index in [-0.39, 0.29) is 11.9 Å². The summed E-state index contributed by atoms with van der Waals surface area (Å²) in [6.07, 6.45) is 1.87. The third kappa shape index (κ3) is 2.35. The van der Waals surface area contributed by atoms with Crippen LogP contribution in [0.1, 0.15) is 18.4 Å². The molecule has 0 spiro atoms. The summed E-state index contributed by atoms with van der Waals surface area (Å²) in [5.41, 5.74) is 3.21. The number of benzene rings is 1. The second-order valence-electron chi connectivity index (χ2n) is 5.39. The lowest BCUT2D eigenvalue weighted by molar-refractivity contribution is -0.145. The summed E-state index contributed by atoms with van der Waals surface area (Å²) in [6.45, 7) is 3.66. The largest absolute Gasteiger partial charge is 0.469 e. The van der Waals surface area contributed by atoms with Crippen molar-refractivity contribution in [1.82, 2.24) is 9.97 Å². The molecule has 5 heteroatoms. The van der Waals surface area contributed by atoms with Crippen LogP contribution in [0.15, 0.2) is 18.2 Å². The van der Waals surface area contributed by atoms with Crippen molar-refractivity contribution in [3.8, 4) is 0 Å². The minimum absolute atomic E-state index is 0.0521. The molecule has 1 atom stereocenters. The Morgan fingerprint density at radius 2 is 2.35 bits per heavy atom. The number of fused-ring (bicyclic) bond motifs is 1. The molecule has 1 aliphatic rings. The summed E-state index contributed by atoms with van der Waals surface area (Å²) in [6, 6.07) is 6.17. The number of carbonyl (C=O) groups excluding carboxylic acids is 1. The van der Waals surface area contributed by atoms with Gasteiger partial charge in [-0.25, -0.2) is 4.98 Å². The first kappa shape index (κ1) is 13.0. The van der Waals surface area contributed by atoms with Crippen molar-refractivity contribution in [2.75, 3.05) is 25.1 Å². The Morgan fingerprint density at radius 1 is 1.50 bits per heavy atom. The zero-order chi connectivity index (χ0) is 14.1. The van der Waals surface area contributed by atoms with Gasteiger partial charge < -0.3 is 14.6 Å². The van der Waals surface area contributed by atoms with Crippen LogP contribution in [0.2, 0.25) is 0 Å². The lowest BCUT2D eigenvalue weighted by Crippen LogP contribution is -2.39. The van der Waals surface area contributed by atoms with Crippen LogP contribution in [0.25, 0.3) is 11.0 Å². The number of methoxy groups -OCH3 is 1. The van der Waals surface area contributed by atoms with Crippen LogP contribution in [-0.2, 0) is 9.53 Å². The van der Waals surface area contributed by atoms with Gasteiger partial charge in [0.15, 0.2) is 0 Å². The highest BCUT2D eigenvalue weighted by Gasteiger charge is 2.27. The number of hydrogen-bond acceptors (Lipinski definition) is 4. The summed E-state index contributed by atoms with van der Waals surface area (Å²) in [5, 5.41) is 0. The predicted molar refractivity (Wildman–Crippen MR) is 77.8 cm³/mol. The van der Waals surface area contributed by atoms with Gasteiger partial charge in [-0.1, -0.05) is 6.07 Å². The molecule has 1 aromatic carbocycles. The van der Waals surface area contributed by atoms with E-state index in [9.17, 15) is 4.79 Å². The maximum absolute atomic E-state index is 11.7. The van der Waals surface area contributed by atoms with Crippen molar-refractivity contribution >= 4 is 23.0 Å². The lowest BCUT2D eigenvalue weighted by atomic mass is 9.98. The fraction of sp³-hybridized carbons (Fsp3) is 0.467. The molecule has 1 N–H and O–H groups in total. The summed E-state index contributed by atoms with van der Waals surface area (Å²) in [7, 11) is 1.45. The molecule has 1 fully saturated rings. The summed E-state index contributed by atoms with van der Waals surface area (Å²) in [4.78, 5) is 21.8. The van der Waals surface area contributed by atoms with Gasteiger partial charge in [-0.15, -0.1) is 0 Å². The number of rotatable bonds is 2. The van der Waals surface area contributed by atoms with Crippen molar-refractivity contribution in [3.63, 3.8) is 0 Å². The Kier molecular flexibility index (Phi) is 3.34. The number of hydrogen-bond donors (Lipinski definition) is 1. The molecule has 2 aromatic rings. The van der Waals surface area contributed by atoms with Gasteiger partial charge in [0.2, 0.25) is 5.95 Å². The van der Waals surface area contributed by atoms with Crippen LogP contribution >= 0.6 is 0 Å². The number of nitrogens with zero attached hydrogens (tertiary/aromatic N) is 2. The van der Waals surface area contributed by atoms with Gasteiger partial charge in [0.25, 0.3) is 0 Å². The number of aromatic nitrogens is 2. The molecule has 1 aliphatic heterocycles. The van der Waals surface area contributed by atoms with Crippen LogP contribution in [0.3, 0.4) is 0 Å². The van der Waals surface area contributed by atoms with Gasteiger partial charge in [-0.3, -0.25) is 4.79 Å². The Balaban J connectivity index is 1.84. The average molecular weight is 273 g/mol. The summed E-state index contributed by atoms with van der Waals surface area (Å²) < 4.78 is 4.85. The Labute approximate surface area is 117 Å². The molecule has 1 aromatic heterocycles. The fourth-order valence-electron chi connectivity index (χ4n) is 2.79.